The molecule has 0 saturated heterocycles. The van der Waals surface area contributed by atoms with Crippen LogP contribution >= 0.6 is 0 Å². The number of amides is 1. The van der Waals surface area contributed by atoms with Gasteiger partial charge in [-0.1, -0.05) is 0 Å². The van der Waals surface area contributed by atoms with Gasteiger partial charge in [-0.2, -0.15) is 10.2 Å². The molecule has 0 atom stereocenters. The van der Waals surface area contributed by atoms with Crippen molar-refractivity contribution in [2.24, 2.45) is 12.1 Å². The number of benzene rings is 1. The molecule has 1 amide bonds. The molecule has 0 unspecified atom stereocenters. The van der Waals surface area contributed by atoms with E-state index in [9.17, 15) is 14.9 Å². The van der Waals surface area contributed by atoms with Crippen LogP contribution in [0.1, 0.15) is 16.1 Å². The first-order valence-electron chi connectivity index (χ1n) is 6.45. The fraction of sp³-hybridized carbons (Fsp3) is 0.154. The zero-order chi connectivity index (χ0) is 16.4. The average Bonchev–Trinajstić information content (AvgIpc) is 3.12. The van der Waals surface area contributed by atoms with Crippen LogP contribution in [0.25, 0.3) is 0 Å². The third-order valence-corrected chi connectivity index (χ3v) is 3.11. The summed E-state index contributed by atoms with van der Waals surface area (Å²) in [4.78, 5) is 22.2. The second-order valence-corrected chi connectivity index (χ2v) is 4.57. The molecule has 0 radical (unpaired) electrons. The molecule has 2 aromatic rings. The Morgan fingerprint density at radius 1 is 1.48 bits per heavy atom. The molecule has 0 bridgehead atoms. The van der Waals surface area contributed by atoms with E-state index < -0.39 is 10.8 Å². The summed E-state index contributed by atoms with van der Waals surface area (Å²) < 4.78 is 11.5. The van der Waals surface area contributed by atoms with E-state index in [-0.39, 0.29) is 18.2 Å². The van der Waals surface area contributed by atoms with E-state index in [1.165, 1.54) is 13.3 Å². The maximum Gasteiger partial charge on any atom is 0.320 e. The second-order valence-electron chi connectivity index (χ2n) is 4.57. The van der Waals surface area contributed by atoms with E-state index in [0.29, 0.717) is 17.1 Å². The lowest BCUT2D eigenvalue weighted by molar-refractivity contribution is -0.385. The summed E-state index contributed by atoms with van der Waals surface area (Å²) in [6.45, 7) is 0.164. The fourth-order valence-corrected chi connectivity index (χ4v) is 2.03. The molecule has 3 rings (SSSR count). The van der Waals surface area contributed by atoms with Gasteiger partial charge in [0.25, 0.3) is 5.91 Å². The molecule has 23 heavy (non-hydrogen) atoms. The summed E-state index contributed by atoms with van der Waals surface area (Å²) in [5.41, 5.74) is 2.34. The molecule has 0 aliphatic carbocycles. The van der Waals surface area contributed by atoms with E-state index in [2.05, 4.69) is 15.6 Å². The molecule has 2 heterocycles. The summed E-state index contributed by atoms with van der Waals surface area (Å²) in [5.74, 6) is 0.493. The number of nitrogens with one attached hydrogen (secondary N) is 1. The molecule has 1 aromatic heterocycles. The molecule has 10 nitrogen and oxygen atoms in total. The highest BCUT2D eigenvalue weighted by Crippen LogP contribution is 2.31. The number of hydrogen-bond donors (Lipinski definition) is 1. The Morgan fingerprint density at radius 2 is 2.26 bits per heavy atom. The number of aromatic nitrogens is 2. The van der Waals surface area contributed by atoms with Crippen molar-refractivity contribution in [3.63, 3.8) is 0 Å². The van der Waals surface area contributed by atoms with Gasteiger partial charge < -0.3 is 9.47 Å². The van der Waals surface area contributed by atoms with Crippen LogP contribution in [0.5, 0.6) is 11.5 Å². The highest BCUT2D eigenvalue weighted by Gasteiger charge is 2.25. The SMILES string of the molecule is Cn1ncc([N+](=O)[O-])c1C(=O)N/N=C/c1ccc2c(c1)OCO2. The Balaban J connectivity index is 1.72. The standard InChI is InChI=1S/C13H11N5O5/c1-17-12(9(6-15-17)18(20)21)13(19)16-14-5-8-2-3-10-11(4-8)23-7-22-10/h2-6H,7H2,1H3,(H,16,19)/b14-5+. The van der Waals surface area contributed by atoms with E-state index >= 15 is 0 Å². The van der Waals surface area contributed by atoms with Crippen LogP contribution in [-0.4, -0.2) is 33.6 Å². The largest absolute Gasteiger partial charge is 0.454 e. The first-order chi connectivity index (χ1) is 11.1. The molecule has 118 valence electrons. The van der Waals surface area contributed by atoms with Crippen LogP contribution in [0, 0.1) is 10.1 Å². The molecule has 0 saturated carbocycles. The number of hydrogen-bond acceptors (Lipinski definition) is 7. The van der Waals surface area contributed by atoms with Crippen LogP contribution in [0.15, 0.2) is 29.5 Å². The number of nitro groups is 1. The first kappa shape index (κ1) is 14.5. The number of ether oxygens (including phenoxy) is 2. The smallest absolute Gasteiger partial charge is 0.320 e. The molecule has 1 aliphatic rings. The van der Waals surface area contributed by atoms with Crippen molar-refractivity contribution < 1.29 is 19.2 Å². The van der Waals surface area contributed by atoms with Crippen LogP contribution in [-0.2, 0) is 7.05 Å². The third kappa shape index (κ3) is 2.81. The first-order valence-corrected chi connectivity index (χ1v) is 6.45. The van der Waals surface area contributed by atoms with Crippen LogP contribution in [0.3, 0.4) is 0 Å². The van der Waals surface area contributed by atoms with Gasteiger partial charge in [-0.05, 0) is 23.8 Å². The topological polar surface area (TPSA) is 121 Å². The van der Waals surface area contributed by atoms with E-state index in [1.54, 1.807) is 18.2 Å². The second kappa shape index (κ2) is 5.75. The Kier molecular flexibility index (Phi) is 3.63. The number of carbonyl (C=O) groups excluding carboxylic acids is 1. The Hall–Kier alpha value is -3.43. The number of hydrazone groups is 1. The monoisotopic (exact) mass is 317 g/mol. The van der Waals surface area contributed by atoms with Crippen molar-refractivity contribution in [1.82, 2.24) is 15.2 Å². The van der Waals surface area contributed by atoms with Gasteiger partial charge in [0.05, 0.1) is 11.1 Å². The summed E-state index contributed by atoms with van der Waals surface area (Å²) in [6, 6.07) is 5.15. The van der Waals surface area contributed by atoms with Gasteiger partial charge in [0.2, 0.25) is 12.5 Å². The number of fused-ring (bicyclic) bond motifs is 1. The van der Waals surface area contributed by atoms with Gasteiger partial charge in [0.15, 0.2) is 11.5 Å². The fourth-order valence-electron chi connectivity index (χ4n) is 2.03. The Bertz CT molecular complexity index is 813. The number of rotatable bonds is 4. The third-order valence-electron chi connectivity index (χ3n) is 3.11. The Labute approximate surface area is 129 Å². The molecular weight excluding hydrogens is 306 g/mol. The zero-order valence-corrected chi connectivity index (χ0v) is 11.9. The lowest BCUT2D eigenvalue weighted by atomic mass is 10.2. The predicted octanol–water partition coefficient (Wildman–Crippen LogP) is 0.821. The number of carbonyl (C=O) groups is 1. The van der Waals surface area contributed by atoms with Gasteiger partial charge >= 0.3 is 5.69 Å². The van der Waals surface area contributed by atoms with E-state index in [4.69, 9.17) is 9.47 Å². The van der Waals surface area contributed by atoms with Gasteiger partial charge in [-0.15, -0.1) is 0 Å². The minimum Gasteiger partial charge on any atom is -0.454 e. The van der Waals surface area contributed by atoms with Crippen LogP contribution in [0.2, 0.25) is 0 Å². The van der Waals surface area contributed by atoms with Crippen LogP contribution < -0.4 is 14.9 Å². The molecule has 1 N–H and O–H groups in total. The van der Waals surface area contributed by atoms with Crippen molar-refractivity contribution in [1.29, 1.82) is 0 Å². The maximum atomic E-state index is 12.0. The average molecular weight is 317 g/mol. The van der Waals surface area contributed by atoms with Gasteiger partial charge in [0, 0.05) is 7.05 Å². The summed E-state index contributed by atoms with van der Waals surface area (Å²) in [7, 11) is 1.43. The number of nitrogens with zero attached hydrogens (tertiary/aromatic N) is 4. The molecule has 1 aromatic carbocycles. The molecule has 1 aliphatic heterocycles. The highest BCUT2D eigenvalue weighted by atomic mass is 16.7. The predicted molar refractivity (Wildman–Crippen MR) is 77.5 cm³/mol. The summed E-state index contributed by atoms with van der Waals surface area (Å²) in [5, 5.41) is 18.3. The molecule has 0 spiro atoms. The van der Waals surface area contributed by atoms with E-state index in [0.717, 1.165) is 10.9 Å². The number of aryl methyl sites for hydroxylation is 1. The van der Waals surface area contributed by atoms with Gasteiger partial charge in [-0.25, -0.2) is 5.43 Å². The molecule has 0 fully saturated rings. The quantitative estimate of drug-likeness (QED) is 0.506. The van der Waals surface area contributed by atoms with Crippen molar-refractivity contribution >= 4 is 17.8 Å². The summed E-state index contributed by atoms with van der Waals surface area (Å²) >= 11 is 0. The lowest BCUT2D eigenvalue weighted by Crippen LogP contribution is -2.22. The normalized spacial score (nSPS) is 12.6. The minimum atomic E-state index is -0.728. The van der Waals surface area contributed by atoms with Crippen molar-refractivity contribution in [3.8, 4) is 11.5 Å². The van der Waals surface area contributed by atoms with Gasteiger partial charge in [0.1, 0.15) is 6.20 Å². The van der Waals surface area contributed by atoms with Crippen LogP contribution in [0.4, 0.5) is 5.69 Å². The molecular formula is C13H11N5O5. The summed E-state index contributed by atoms with van der Waals surface area (Å²) in [6.07, 6.45) is 2.40. The molecule has 10 heteroatoms. The lowest BCUT2D eigenvalue weighted by Gasteiger charge is -2.00. The Morgan fingerprint density at radius 3 is 3.04 bits per heavy atom. The van der Waals surface area contributed by atoms with Gasteiger partial charge in [-0.3, -0.25) is 19.6 Å². The zero-order valence-electron chi connectivity index (χ0n) is 11.9. The van der Waals surface area contributed by atoms with Crippen molar-refractivity contribution in [2.45, 2.75) is 0 Å². The van der Waals surface area contributed by atoms with E-state index in [1.807, 2.05) is 0 Å². The van der Waals surface area contributed by atoms with Crippen molar-refractivity contribution in [3.05, 3.63) is 45.8 Å². The van der Waals surface area contributed by atoms with Crippen molar-refractivity contribution in [2.75, 3.05) is 6.79 Å². The highest BCUT2D eigenvalue weighted by molar-refractivity contribution is 5.96. The minimum absolute atomic E-state index is 0.164. The maximum absolute atomic E-state index is 12.0.